The molecule has 3 aromatic rings. The van der Waals surface area contributed by atoms with Gasteiger partial charge in [-0.1, -0.05) is 35.0 Å². The number of carbonyl (C=O) groups is 1. The van der Waals surface area contributed by atoms with Gasteiger partial charge in [-0.15, -0.1) is 0 Å². The van der Waals surface area contributed by atoms with Gasteiger partial charge in [0.1, 0.15) is 5.82 Å². The Hall–Kier alpha value is -2.13. The van der Waals surface area contributed by atoms with Gasteiger partial charge in [0.05, 0.1) is 34.3 Å². The van der Waals surface area contributed by atoms with Gasteiger partial charge in [0, 0.05) is 17.8 Å². The first-order valence-electron chi connectivity index (χ1n) is 9.35. The molecule has 0 bridgehead atoms. The molecule has 2 aromatic heterocycles. The van der Waals surface area contributed by atoms with Crippen molar-refractivity contribution >= 4 is 57.6 Å². The second-order valence-electron chi connectivity index (χ2n) is 6.81. The average molecular weight is 465 g/mol. The van der Waals surface area contributed by atoms with E-state index in [1.165, 1.54) is 18.0 Å². The number of fused-ring (bicyclic) bond motifs is 1. The third-order valence-corrected chi connectivity index (χ3v) is 6.05. The Balaban J connectivity index is 1.58. The molecule has 10 heteroatoms. The van der Waals surface area contributed by atoms with E-state index in [-0.39, 0.29) is 23.3 Å². The number of halogens is 2. The topological polar surface area (TPSA) is 86.1 Å². The lowest BCUT2D eigenvalue weighted by atomic mass is 10.2. The standard InChI is InChI=1S/C20H18Cl2N4O3S/c21-12-3-5-15-16(8-12)24-20(26(19(15)28)10-14-2-1-7-29-14)30-11-18(27)25-17-6-4-13(22)9-23-17/h3-6,8-9,14H,1-2,7,10-11H2,(H,23,25,27). The number of hydrogen-bond donors (Lipinski definition) is 1. The van der Waals surface area contributed by atoms with Crippen LogP contribution in [0.25, 0.3) is 10.9 Å². The predicted octanol–water partition coefficient (Wildman–Crippen LogP) is 4.01. The zero-order chi connectivity index (χ0) is 21.1. The molecular weight excluding hydrogens is 447 g/mol. The Labute approximate surface area is 186 Å². The predicted molar refractivity (Wildman–Crippen MR) is 119 cm³/mol. The summed E-state index contributed by atoms with van der Waals surface area (Å²) in [5.74, 6) is 0.202. The van der Waals surface area contributed by atoms with E-state index in [0.29, 0.717) is 45.1 Å². The van der Waals surface area contributed by atoms with Crippen LogP contribution in [-0.4, -0.2) is 38.9 Å². The number of thioether (sulfide) groups is 1. The van der Waals surface area contributed by atoms with Crippen molar-refractivity contribution in [2.45, 2.75) is 30.6 Å². The monoisotopic (exact) mass is 464 g/mol. The second kappa shape index (κ2) is 9.34. The minimum Gasteiger partial charge on any atom is -0.376 e. The number of rotatable bonds is 6. The van der Waals surface area contributed by atoms with E-state index in [9.17, 15) is 9.59 Å². The average Bonchev–Trinajstić information content (AvgIpc) is 3.23. The third kappa shape index (κ3) is 4.95. The van der Waals surface area contributed by atoms with E-state index >= 15 is 0 Å². The van der Waals surface area contributed by atoms with Crippen LogP contribution < -0.4 is 10.9 Å². The summed E-state index contributed by atoms with van der Waals surface area (Å²) in [5, 5.41) is 4.61. The van der Waals surface area contributed by atoms with Gasteiger partial charge >= 0.3 is 0 Å². The summed E-state index contributed by atoms with van der Waals surface area (Å²) in [7, 11) is 0. The van der Waals surface area contributed by atoms with Crippen LogP contribution in [0.15, 0.2) is 46.5 Å². The summed E-state index contributed by atoms with van der Waals surface area (Å²) < 4.78 is 7.28. The number of benzene rings is 1. The molecule has 4 rings (SSSR count). The Morgan fingerprint density at radius 2 is 2.10 bits per heavy atom. The number of hydrogen-bond acceptors (Lipinski definition) is 6. The highest BCUT2D eigenvalue weighted by atomic mass is 35.5. The highest BCUT2D eigenvalue weighted by Crippen LogP contribution is 2.23. The molecule has 7 nitrogen and oxygen atoms in total. The van der Waals surface area contributed by atoms with E-state index in [4.69, 9.17) is 27.9 Å². The van der Waals surface area contributed by atoms with E-state index in [1.54, 1.807) is 34.9 Å². The highest BCUT2D eigenvalue weighted by Gasteiger charge is 2.21. The van der Waals surface area contributed by atoms with Gasteiger partial charge in [0.25, 0.3) is 5.56 Å². The lowest BCUT2D eigenvalue weighted by Gasteiger charge is -2.16. The molecular formula is C20H18Cl2N4O3S. The molecule has 1 amide bonds. The molecule has 1 saturated heterocycles. The van der Waals surface area contributed by atoms with Crippen LogP contribution in [-0.2, 0) is 16.1 Å². The zero-order valence-corrected chi connectivity index (χ0v) is 18.1. The molecule has 0 aliphatic carbocycles. The number of amides is 1. The molecule has 1 aromatic carbocycles. The molecule has 0 saturated carbocycles. The molecule has 1 aliphatic rings. The second-order valence-corrected chi connectivity index (χ2v) is 8.62. The van der Waals surface area contributed by atoms with E-state index in [1.807, 2.05) is 0 Å². The number of ether oxygens (including phenoxy) is 1. The first kappa shape index (κ1) is 21.1. The maximum Gasteiger partial charge on any atom is 0.262 e. The molecule has 0 radical (unpaired) electrons. The lowest BCUT2D eigenvalue weighted by molar-refractivity contribution is -0.113. The number of nitrogens with zero attached hydrogens (tertiary/aromatic N) is 3. The maximum absolute atomic E-state index is 13.1. The van der Waals surface area contributed by atoms with Crippen LogP contribution in [0.1, 0.15) is 12.8 Å². The van der Waals surface area contributed by atoms with Gasteiger partial charge in [-0.2, -0.15) is 0 Å². The van der Waals surface area contributed by atoms with Crippen molar-refractivity contribution in [2.24, 2.45) is 0 Å². The maximum atomic E-state index is 13.1. The van der Waals surface area contributed by atoms with Crippen LogP contribution in [0.5, 0.6) is 0 Å². The molecule has 1 unspecified atom stereocenters. The van der Waals surface area contributed by atoms with Gasteiger partial charge in [-0.3, -0.25) is 14.2 Å². The van der Waals surface area contributed by atoms with Crippen LogP contribution in [0, 0.1) is 0 Å². The van der Waals surface area contributed by atoms with Gasteiger partial charge in [0.15, 0.2) is 5.16 Å². The van der Waals surface area contributed by atoms with Gasteiger partial charge < -0.3 is 10.1 Å². The fourth-order valence-electron chi connectivity index (χ4n) is 3.20. The van der Waals surface area contributed by atoms with E-state index < -0.39 is 0 Å². The quantitative estimate of drug-likeness (QED) is 0.438. The van der Waals surface area contributed by atoms with Crippen molar-refractivity contribution in [1.82, 2.24) is 14.5 Å². The molecule has 1 aliphatic heterocycles. The van der Waals surface area contributed by atoms with Crippen molar-refractivity contribution in [3.63, 3.8) is 0 Å². The number of pyridine rings is 1. The van der Waals surface area contributed by atoms with Crippen molar-refractivity contribution in [3.05, 3.63) is 56.9 Å². The first-order valence-corrected chi connectivity index (χ1v) is 11.1. The van der Waals surface area contributed by atoms with Crippen LogP contribution in [0.4, 0.5) is 5.82 Å². The minimum atomic E-state index is -0.265. The summed E-state index contributed by atoms with van der Waals surface area (Å²) >= 11 is 13.1. The van der Waals surface area contributed by atoms with E-state index in [0.717, 1.165) is 12.8 Å². The molecule has 1 atom stereocenters. The van der Waals surface area contributed by atoms with Gasteiger partial charge in [-0.25, -0.2) is 9.97 Å². The van der Waals surface area contributed by atoms with E-state index in [2.05, 4.69) is 15.3 Å². The summed E-state index contributed by atoms with van der Waals surface area (Å²) in [4.78, 5) is 34.1. The number of carbonyl (C=O) groups excluding carboxylic acids is 1. The molecule has 1 fully saturated rings. The Kier molecular flexibility index (Phi) is 6.58. The molecule has 0 spiro atoms. The fraction of sp³-hybridized carbons (Fsp3) is 0.300. The van der Waals surface area contributed by atoms with Gasteiger partial charge in [-0.05, 0) is 43.2 Å². The molecule has 1 N–H and O–H groups in total. The Morgan fingerprint density at radius 3 is 2.83 bits per heavy atom. The van der Waals surface area contributed by atoms with Gasteiger partial charge in [0.2, 0.25) is 5.91 Å². The minimum absolute atomic E-state index is 0.0410. The number of aromatic nitrogens is 3. The van der Waals surface area contributed by atoms with Crippen LogP contribution in [0.2, 0.25) is 10.0 Å². The zero-order valence-electron chi connectivity index (χ0n) is 15.8. The summed E-state index contributed by atoms with van der Waals surface area (Å²) in [6.07, 6.45) is 3.27. The van der Waals surface area contributed by atoms with Crippen LogP contribution >= 0.6 is 35.0 Å². The number of anilines is 1. The highest BCUT2D eigenvalue weighted by molar-refractivity contribution is 7.99. The Morgan fingerprint density at radius 1 is 1.27 bits per heavy atom. The SMILES string of the molecule is O=C(CSc1nc2cc(Cl)ccc2c(=O)n1CC1CCCO1)Nc1ccc(Cl)cn1. The smallest absolute Gasteiger partial charge is 0.262 e. The van der Waals surface area contributed by atoms with Crippen molar-refractivity contribution in [2.75, 3.05) is 17.7 Å². The summed E-state index contributed by atoms with van der Waals surface area (Å²) in [5.41, 5.74) is 0.327. The lowest BCUT2D eigenvalue weighted by Crippen LogP contribution is -2.29. The van der Waals surface area contributed by atoms with Crippen LogP contribution in [0.3, 0.4) is 0 Å². The molecule has 3 heterocycles. The number of nitrogens with one attached hydrogen (secondary N) is 1. The van der Waals surface area contributed by atoms with Crippen molar-refractivity contribution < 1.29 is 9.53 Å². The fourth-order valence-corrected chi connectivity index (χ4v) is 4.28. The first-order chi connectivity index (χ1) is 14.5. The third-order valence-electron chi connectivity index (χ3n) is 4.62. The van der Waals surface area contributed by atoms with Crippen molar-refractivity contribution in [1.29, 1.82) is 0 Å². The summed E-state index contributed by atoms with van der Waals surface area (Å²) in [6.45, 7) is 1.09. The summed E-state index contributed by atoms with van der Waals surface area (Å²) in [6, 6.07) is 8.26. The van der Waals surface area contributed by atoms with Crippen molar-refractivity contribution in [3.8, 4) is 0 Å². The largest absolute Gasteiger partial charge is 0.376 e. The molecule has 30 heavy (non-hydrogen) atoms. The normalized spacial score (nSPS) is 16.1. The Bertz CT molecular complexity index is 1130. The molecule has 156 valence electrons.